The van der Waals surface area contributed by atoms with Gasteiger partial charge in [0.15, 0.2) is 5.75 Å². The van der Waals surface area contributed by atoms with Crippen molar-refractivity contribution in [3.05, 3.63) is 40.6 Å². The summed E-state index contributed by atoms with van der Waals surface area (Å²) >= 11 is 0. The minimum absolute atomic E-state index is 0.132. The van der Waals surface area contributed by atoms with Gasteiger partial charge in [-0.05, 0) is 0 Å². The number of hydrogen-bond acceptors (Lipinski definition) is 4. The lowest BCUT2D eigenvalue weighted by atomic mass is 10.3. The summed E-state index contributed by atoms with van der Waals surface area (Å²) in [5.41, 5.74) is -0.233. The third-order valence-corrected chi connectivity index (χ3v) is 2.07. The molecule has 3 N–H and O–H groups in total. The van der Waals surface area contributed by atoms with Crippen LogP contribution < -0.4 is 15.5 Å². The fraction of sp³-hybridized carbons (Fsp3) is 0.100. The fourth-order valence-electron chi connectivity index (χ4n) is 1.26. The predicted molar refractivity (Wildman–Crippen MR) is 60.2 cm³/mol. The molecule has 0 atom stereocenters. The monoisotopic (exact) mass is 234 g/mol. The first-order valence-electron chi connectivity index (χ1n) is 4.78. The molecule has 0 spiro atoms. The maximum Gasteiger partial charge on any atom is 0.274 e. The van der Waals surface area contributed by atoms with Crippen molar-refractivity contribution in [1.29, 1.82) is 0 Å². The molecule has 2 rings (SSSR count). The number of nitrogens with one attached hydrogen (secondary N) is 3. The van der Waals surface area contributed by atoms with E-state index in [1.807, 2.05) is 0 Å². The van der Waals surface area contributed by atoms with E-state index in [1.54, 1.807) is 6.20 Å². The fourth-order valence-corrected chi connectivity index (χ4v) is 1.26. The van der Waals surface area contributed by atoms with Crippen LogP contribution in [0.15, 0.2) is 29.5 Å². The predicted octanol–water partition coefficient (Wildman–Crippen LogP) is 0.359. The lowest BCUT2D eigenvalue weighted by Crippen LogP contribution is -2.17. The molecule has 88 valence electrons. The molecular weight excluding hydrogens is 224 g/mol. The number of anilines is 1. The molecule has 2 aromatic heterocycles. The first-order valence-corrected chi connectivity index (χ1v) is 4.78. The highest BCUT2D eigenvalue weighted by atomic mass is 16.5. The van der Waals surface area contributed by atoms with Gasteiger partial charge in [0, 0.05) is 24.7 Å². The van der Waals surface area contributed by atoms with Gasteiger partial charge < -0.3 is 14.7 Å². The second-order valence-corrected chi connectivity index (χ2v) is 3.17. The number of hydrogen-bond donors (Lipinski definition) is 3. The van der Waals surface area contributed by atoms with Crippen LogP contribution in [0.2, 0.25) is 0 Å². The molecule has 7 nitrogen and oxygen atoms in total. The smallest absolute Gasteiger partial charge is 0.274 e. The Kier molecular flexibility index (Phi) is 2.91. The first kappa shape index (κ1) is 10.9. The number of H-pyrrole nitrogens is 2. The van der Waals surface area contributed by atoms with Gasteiger partial charge in [0.25, 0.3) is 5.91 Å². The Bertz CT molecular complexity index is 573. The Hall–Kier alpha value is -2.57. The largest absolute Gasteiger partial charge is 0.491 e. The maximum absolute atomic E-state index is 11.7. The molecule has 7 heteroatoms. The van der Waals surface area contributed by atoms with Crippen molar-refractivity contribution in [3.8, 4) is 5.75 Å². The number of nitrogens with zero attached hydrogens (tertiary/aromatic N) is 1. The number of rotatable bonds is 3. The summed E-state index contributed by atoms with van der Waals surface area (Å²) in [6, 6.07) is 1.16. The van der Waals surface area contributed by atoms with E-state index in [2.05, 4.69) is 20.3 Å². The van der Waals surface area contributed by atoms with E-state index in [0.29, 0.717) is 5.95 Å². The minimum atomic E-state index is -0.459. The van der Waals surface area contributed by atoms with Crippen molar-refractivity contribution >= 4 is 11.9 Å². The highest BCUT2D eigenvalue weighted by Crippen LogP contribution is 2.03. The summed E-state index contributed by atoms with van der Waals surface area (Å²) < 4.78 is 4.79. The Balaban J connectivity index is 2.20. The zero-order chi connectivity index (χ0) is 12.3. The van der Waals surface area contributed by atoms with Crippen molar-refractivity contribution in [1.82, 2.24) is 15.0 Å². The molecule has 0 saturated heterocycles. The Morgan fingerprint density at radius 3 is 2.88 bits per heavy atom. The number of aromatic nitrogens is 3. The summed E-state index contributed by atoms with van der Waals surface area (Å²) in [4.78, 5) is 32.3. The van der Waals surface area contributed by atoms with Crippen LogP contribution in [-0.2, 0) is 0 Å². The van der Waals surface area contributed by atoms with Gasteiger partial charge in [-0.2, -0.15) is 0 Å². The molecule has 0 aliphatic carbocycles. The summed E-state index contributed by atoms with van der Waals surface area (Å²) in [6.45, 7) is 0. The second-order valence-electron chi connectivity index (χ2n) is 3.17. The Labute approximate surface area is 95.9 Å². The van der Waals surface area contributed by atoms with E-state index in [0.717, 1.165) is 6.07 Å². The van der Waals surface area contributed by atoms with E-state index in [1.165, 1.54) is 19.5 Å². The van der Waals surface area contributed by atoms with E-state index in [9.17, 15) is 9.59 Å². The van der Waals surface area contributed by atoms with Crippen LogP contribution in [0, 0.1) is 0 Å². The van der Waals surface area contributed by atoms with Crippen LogP contribution in [-0.4, -0.2) is 28.0 Å². The Morgan fingerprint density at radius 2 is 2.29 bits per heavy atom. The highest BCUT2D eigenvalue weighted by molar-refractivity contribution is 6.01. The Morgan fingerprint density at radius 1 is 1.47 bits per heavy atom. The van der Waals surface area contributed by atoms with E-state index < -0.39 is 5.91 Å². The number of ether oxygens (including phenoxy) is 1. The molecule has 0 bridgehead atoms. The zero-order valence-electron chi connectivity index (χ0n) is 8.98. The molecule has 0 unspecified atom stereocenters. The van der Waals surface area contributed by atoms with Gasteiger partial charge in [-0.25, -0.2) is 4.98 Å². The SMILES string of the molecule is COc1c[nH]c(C(=O)Nc2ncc[nH]2)cc1=O. The van der Waals surface area contributed by atoms with Crippen molar-refractivity contribution in [3.63, 3.8) is 0 Å². The molecule has 1 amide bonds. The third kappa shape index (κ3) is 2.33. The van der Waals surface area contributed by atoms with Crippen LogP contribution >= 0.6 is 0 Å². The van der Waals surface area contributed by atoms with Crippen molar-refractivity contribution in [2.45, 2.75) is 0 Å². The standard InChI is InChI=1S/C10H10N4O3/c1-17-8-5-13-6(4-7(8)15)9(16)14-10-11-2-3-12-10/h2-5H,1H3,(H,13,15)(H2,11,12,14,16). The van der Waals surface area contributed by atoms with Crippen LogP contribution in [0.3, 0.4) is 0 Å². The molecule has 0 aliphatic heterocycles. The van der Waals surface area contributed by atoms with Crippen molar-refractivity contribution in [2.24, 2.45) is 0 Å². The molecule has 2 heterocycles. The van der Waals surface area contributed by atoms with Gasteiger partial charge in [-0.15, -0.1) is 0 Å². The highest BCUT2D eigenvalue weighted by Gasteiger charge is 2.10. The van der Waals surface area contributed by atoms with Crippen LogP contribution in [0.25, 0.3) is 0 Å². The quantitative estimate of drug-likeness (QED) is 0.713. The summed E-state index contributed by atoms with van der Waals surface area (Å²) in [7, 11) is 1.38. The average Bonchev–Trinajstić information content (AvgIpc) is 2.81. The maximum atomic E-state index is 11.7. The van der Waals surface area contributed by atoms with Gasteiger partial charge in [0.2, 0.25) is 11.4 Å². The molecule has 0 saturated carbocycles. The van der Waals surface area contributed by atoms with E-state index in [4.69, 9.17) is 4.74 Å². The normalized spacial score (nSPS) is 9.94. The number of carbonyl (C=O) groups excluding carboxylic acids is 1. The molecule has 0 fully saturated rings. The first-order chi connectivity index (χ1) is 8.20. The van der Waals surface area contributed by atoms with Crippen LogP contribution in [0.4, 0.5) is 5.95 Å². The molecular formula is C10H10N4O3. The molecule has 2 aromatic rings. The lowest BCUT2D eigenvalue weighted by molar-refractivity contribution is 0.102. The number of carbonyl (C=O) groups is 1. The molecule has 17 heavy (non-hydrogen) atoms. The van der Waals surface area contributed by atoms with E-state index in [-0.39, 0.29) is 16.9 Å². The third-order valence-electron chi connectivity index (χ3n) is 2.07. The number of imidazole rings is 1. The van der Waals surface area contributed by atoms with Gasteiger partial charge in [0.1, 0.15) is 5.69 Å². The lowest BCUT2D eigenvalue weighted by Gasteiger charge is -2.03. The average molecular weight is 234 g/mol. The summed E-state index contributed by atoms with van der Waals surface area (Å²) in [5.74, 6) is 0.00548. The van der Waals surface area contributed by atoms with Crippen molar-refractivity contribution in [2.75, 3.05) is 12.4 Å². The van der Waals surface area contributed by atoms with Crippen LogP contribution in [0.5, 0.6) is 5.75 Å². The zero-order valence-corrected chi connectivity index (χ0v) is 8.98. The molecule has 0 radical (unpaired) electrons. The van der Waals surface area contributed by atoms with E-state index >= 15 is 0 Å². The molecule has 0 aliphatic rings. The minimum Gasteiger partial charge on any atom is -0.491 e. The topological polar surface area (TPSA) is 99.9 Å². The van der Waals surface area contributed by atoms with Crippen molar-refractivity contribution < 1.29 is 9.53 Å². The number of aromatic amines is 2. The van der Waals surface area contributed by atoms with Crippen LogP contribution in [0.1, 0.15) is 10.5 Å². The number of pyridine rings is 1. The summed E-state index contributed by atoms with van der Waals surface area (Å²) in [5, 5.41) is 2.49. The number of amides is 1. The van der Waals surface area contributed by atoms with Gasteiger partial charge >= 0.3 is 0 Å². The summed E-state index contributed by atoms with van der Waals surface area (Å²) in [6.07, 6.45) is 4.41. The second kappa shape index (κ2) is 4.52. The van der Waals surface area contributed by atoms with Gasteiger partial charge in [-0.1, -0.05) is 0 Å². The molecule has 0 aromatic carbocycles. The van der Waals surface area contributed by atoms with Gasteiger partial charge in [-0.3, -0.25) is 14.9 Å². The number of methoxy groups -OCH3 is 1. The van der Waals surface area contributed by atoms with Gasteiger partial charge in [0.05, 0.1) is 7.11 Å².